The first-order valence-electron chi connectivity index (χ1n) is 13.2. The number of halogens is 1. The van der Waals surface area contributed by atoms with Crippen LogP contribution in [0.25, 0.3) is 5.65 Å². The summed E-state index contributed by atoms with van der Waals surface area (Å²) in [4.78, 5) is 35.0. The third kappa shape index (κ3) is 4.60. The van der Waals surface area contributed by atoms with Crippen molar-refractivity contribution in [1.82, 2.24) is 29.7 Å². The summed E-state index contributed by atoms with van der Waals surface area (Å²) >= 11 is 0. The number of carbonyl (C=O) groups is 2. The van der Waals surface area contributed by atoms with Crippen molar-refractivity contribution in [3.05, 3.63) is 53.5 Å². The molecule has 2 aromatic heterocycles. The number of hydrogen-bond donors (Lipinski definition) is 2. The van der Waals surface area contributed by atoms with Crippen molar-refractivity contribution in [1.29, 1.82) is 0 Å². The first kappa shape index (κ1) is 24.7. The van der Waals surface area contributed by atoms with Crippen LogP contribution in [0, 0.1) is 0 Å². The molecule has 0 unspecified atom stereocenters. The summed E-state index contributed by atoms with van der Waals surface area (Å²) in [7, 11) is 0. The maximum absolute atomic E-state index is 14.5. The smallest absolute Gasteiger partial charge is 0.261 e. The predicted octanol–water partition coefficient (Wildman–Crippen LogP) is 2.50. The number of anilines is 1. The van der Waals surface area contributed by atoms with Crippen LogP contribution in [0.5, 0.6) is 5.75 Å². The predicted molar refractivity (Wildman–Crippen MR) is 139 cm³/mol. The second-order valence-electron chi connectivity index (χ2n) is 10.8. The van der Waals surface area contributed by atoms with E-state index in [0.717, 1.165) is 31.5 Å². The molecule has 3 aliphatic heterocycles. The number of amides is 2. The van der Waals surface area contributed by atoms with E-state index >= 15 is 0 Å². The van der Waals surface area contributed by atoms with Gasteiger partial charge < -0.3 is 20.3 Å². The lowest BCUT2D eigenvalue weighted by Gasteiger charge is -2.42. The molecule has 2 amide bonds. The highest BCUT2D eigenvalue weighted by Crippen LogP contribution is 2.37. The van der Waals surface area contributed by atoms with Crippen LogP contribution in [-0.4, -0.2) is 86.8 Å². The minimum Gasteiger partial charge on any atom is -0.489 e. The number of alkyl halides is 1. The van der Waals surface area contributed by atoms with Crippen LogP contribution in [0.3, 0.4) is 0 Å². The van der Waals surface area contributed by atoms with Gasteiger partial charge in [0.2, 0.25) is 0 Å². The Hall–Kier alpha value is -3.57. The number of carbonyl (C=O) groups excluding carboxylic acids is 2. The van der Waals surface area contributed by atoms with Crippen LogP contribution in [0.15, 0.2) is 36.8 Å². The molecule has 0 aliphatic carbocycles. The highest BCUT2D eigenvalue weighted by molar-refractivity contribution is 6.09. The van der Waals surface area contributed by atoms with Crippen LogP contribution < -0.4 is 15.4 Å². The molecule has 0 radical (unpaired) electrons. The van der Waals surface area contributed by atoms with Gasteiger partial charge in [0.1, 0.15) is 17.0 Å². The summed E-state index contributed by atoms with van der Waals surface area (Å²) in [6.07, 6.45) is 6.30. The second-order valence-corrected chi connectivity index (χ2v) is 10.8. The fourth-order valence-corrected chi connectivity index (χ4v) is 5.58. The lowest BCUT2D eigenvalue weighted by atomic mass is 9.96. The zero-order valence-corrected chi connectivity index (χ0v) is 21.6. The summed E-state index contributed by atoms with van der Waals surface area (Å²) in [5.41, 5.74) is 1.63. The number of nitrogens with one attached hydrogen (secondary N) is 2. The number of nitrogens with zero attached hydrogens (tertiary/aromatic N) is 5. The highest BCUT2D eigenvalue weighted by Gasteiger charge is 2.41. The highest BCUT2D eigenvalue weighted by atomic mass is 19.1. The Kier molecular flexibility index (Phi) is 6.27. The third-order valence-electron chi connectivity index (χ3n) is 7.56. The van der Waals surface area contributed by atoms with Gasteiger partial charge >= 0.3 is 0 Å². The van der Waals surface area contributed by atoms with E-state index in [1.165, 1.54) is 6.20 Å². The summed E-state index contributed by atoms with van der Waals surface area (Å²) in [5, 5.41) is 10.2. The molecular weight excluding hydrogens is 489 g/mol. The second kappa shape index (κ2) is 9.63. The van der Waals surface area contributed by atoms with E-state index in [1.54, 1.807) is 29.0 Å². The molecule has 0 bridgehead atoms. The molecule has 6 rings (SSSR count). The molecule has 2 saturated heterocycles. The summed E-state index contributed by atoms with van der Waals surface area (Å²) in [6, 6.07) is 5.42. The van der Waals surface area contributed by atoms with Crippen molar-refractivity contribution in [3.8, 4) is 5.75 Å². The van der Waals surface area contributed by atoms with Gasteiger partial charge in [-0.05, 0) is 50.5 Å². The minimum atomic E-state index is -1.13. The number of benzene rings is 1. The number of aromatic nitrogens is 3. The maximum Gasteiger partial charge on any atom is 0.261 e. The van der Waals surface area contributed by atoms with Gasteiger partial charge in [0.15, 0.2) is 5.65 Å². The Labute approximate surface area is 220 Å². The van der Waals surface area contributed by atoms with Gasteiger partial charge in [0.25, 0.3) is 11.8 Å². The van der Waals surface area contributed by atoms with E-state index in [2.05, 4.69) is 25.6 Å². The standard InChI is InChI=1S/C27H32FN7O3/c1-17(2)38-23-11-20-18(10-22(23)32-25(36)21-12-31-35-7-3-6-30-24(21)35)13-34(26(20)37)19-4-8-33(9-5-19)16-27(28)14-29-15-27/h3,6-7,10-12,17,19,29H,4-5,8-9,13-16H2,1-2H3,(H,32,36). The zero-order valence-electron chi connectivity index (χ0n) is 21.6. The fourth-order valence-electron chi connectivity index (χ4n) is 5.58. The lowest BCUT2D eigenvalue weighted by molar-refractivity contribution is 0.0210. The van der Waals surface area contributed by atoms with Crippen LogP contribution in [0.1, 0.15) is 53.0 Å². The number of rotatable bonds is 7. The third-order valence-corrected chi connectivity index (χ3v) is 7.56. The van der Waals surface area contributed by atoms with E-state index < -0.39 is 5.67 Å². The molecule has 0 spiro atoms. The van der Waals surface area contributed by atoms with Crippen molar-refractivity contribution >= 4 is 23.1 Å². The van der Waals surface area contributed by atoms with Crippen molar-refractivity contribution in [2.24, 2.45) is 0 Å². The lowest BCUT2D eigenvalue weighted by Crippen LogP contribution is -2.62. The average Bonchev–Trinajstić information content (AvgIpc) is 3.45. The average molecular weight is 522 g/mol. The SMILES string of the molecule is CC(C)Oc1cc2c(cc1NC(=O)c1cnn3cccnc13)CN(C1CCN(CC3(F)CNC3)CC1)C2=O. The Balaban J connectivity index is 1.19. The van der Waals surface area contributed by atoms with Gasteiger partial charge in [-0.15, -0.1) is 0 Å². The molecule has 11 heteroatoms. The Morgan fingerprint density at radius 3 is 2.79 bits per heavy atom. The van der Waals surface area contributed by atoms with E-state index in [-0.39, 0.29) is 24.0 Å². The Morgan fingerprint density at radius 2 is 2.08 bits per heavy atom. The van der Waals surface area contributed by atoms with Crippen molar-refractivity contribution in [3.63, 3.8) is 0 Å². The Bertz CT molecular complexity index is 1380. The first-order chi connectivity index (χ1) is 18.3. The van der Waals surface area contributed by atoms with Crippen molar-refractivity contribution in [2.75, 3.05) is 38.0 Å². The van der Waals surface area contributed by atoms with E-state index in [4.69, 9.17) is 4.74 Å². The molecule has 2 fully saturated rings. The number of ether oxygens (including phenoxy) is 1. The zero-order chi connectivity index (χ0) is 26.4. The van der Waals surface area contributed by atoms with Gasteiger partial charge in [-0.2, -0.15) is 5.10 Å². The van der Waals surface area contributed by atoms with Gasteiger partial charge in [-0.1, -0.05) is 0 Å². The monoisotopic (exact) mass is 521 g/mol. The fraction of sp³-hybridized carbons (Fsp3) is 0.481. The number of fused-ring (bicyclic) bond motifs is 2. The van der Waals surface area contributed by atoms with Gasteiger partial charge in [-0.3, -0.25) is 14.5 Å². The number of hydrogen-bond acceptors (Lipinski definition) is 7. The van der Waals surface area contributed by atoms with Crippen LogP contribution in [0.4, 0.5) is 10.1 Å². The minimum absolute atomic E-state index is 0.0260. The Morgan fingerprint density at radius 1 is 1.29 bits per heavy atom. The van der Waals surface area contributed by atoms with Gasteiger partial charge in [-0.25, -0.2) is 13.9 Å². The first-order valence-corrected chi connectivity index (χ1v) is 13.2. The largest absolute Gasteiger partial charge is 0.489 e. The summed E-state index contributed by atoms with van der Waals surface area (Å²) in [5.74, 6) is 0.0684. The molecule has 0 atom stereocenters. The molecule has 200 valence electrons. The quantitative estimate of drug-likeness (QED) is 0.492. The number of piperidine rings is 1. The summed E-state index contributed by atoms with van der Waals surface area (Å²) < 4.78 is 22.1. The van der Waals surface area contributed by atoms with Gasteiger partial charge in [0.05, 0.1) is 18.0 Å². The van der Waals surface area contributed by atoms with E-state index in [0.29, 0.717) is 54.4 Å². The van der Waals surface area contributed by atoms with Gasteiger partial charge in [0, 0.05) is 63.3 Å². The molecule has 38 heavy (non-hydrogen) atoms. The van der Waals surface area contributed by atoms with Crippen molar-refractivity contribution in [2.45, 2.75) is 51.0 Å². The molecule has 10 nitrogen and oxygen atoms in total. The molecule has 1 aromatic carbocycles. The molecule has 5 heterocycles. The molecule has 0 saturated carbocycles. The van der Waals surface area contributed by atoms with Crippen LogP contribution >= 0.6 is 0 Å². The van der Waals surface area contributed by atoms with Crippen molar-refractivity contribution < 1.29 is 18.7 Å². The van der Waals surface area contributed by atoms with Crippen LogP contribution in [-0.2, 0) is 6.54 Å². The molecular formula is C27H32FN7O3. The maximum atomic E-state index is 14.5. The van der Waals surface area contributed by atoms with E-state index in [9.17, 15) is 14.0 Å². The molecule has 3 aromatic rings. The van der Waals surface area contributed by atoms with E-state index in [1.807, 2.05) is 24.8 Å². The molecule has 2 N–H and O–H groups in total. The number of likely N-dealkylation sites (tertiary alicyclic amines) is 1. The normalized spacial score (nSPS) is 19.6. The topological polar surface area (TPSA) is 104 Å². The molecule has 3 aliphatic rings. The van der Waals surface area contributed by atoms with Crippen LogP contribution in [0.2, 0.25) is 0 Å². The summed E-state index contributed by atoms with van der Waals surface area (Å²) in [6.45, 7) is 7.09.